The molecule has 0 spiro atoms. The quantitative estimate of drug-likeness (QED) is 0.916. The monoisotopic (exact) mass is 286 g/mol. The van der Waals surface area contributed by atoms with Crippen LogP contribution in [0.15, 0.2) is 6.20 Å². The fourth-order valence-electron chi connectivity index (χ4n) is 2.72. The summed E-state index contributed by atoms with van der Waals surface area (Å²) >= 11 is 0. The highest BCUT2D eigenvalue weighted by Gasteiger charge is 2.28. The third kappa shape index (κ3) is 3.48. The first kappa shape index (κ1) is 16.0. The van der Waals surface area contributed by atoms with Gasteiger partial charge in [0.25, 0.3) is 5.91 Å². The molecule has 0 radical (unpaired) electrons. The first-order valence-corrected chi connectivity index (χ1v) is 6.64. The summed E-state index contributed by atoms with van der Waals surface area (Å²) in [5.74, 6) is 0.110. The first-order valence-electron chi connectivity index (χ1n) is 6.64. The smallest absolute Gasteiger partial charge is 0.257 e. The van der Waals surface area contributed by atoms with E-state index in [0.717, 1.165) is 37.1 Å². The molecule has 0 saturated carbocycles. The van der Waals surface area contributed by atoms with Gasteiger partial charge in [-0.1, -0.05) is 0 Å². The fraction of sp³-hybridized carbons (Fsp3) is 0.692. The predicted octanol–water partition coefficient (Wildman–Crippen LogP) is 1.49. The number of aryl methyl sites for hydroxylation is 2. The SMILES string of the molecule is Cc1nn(C)cc1C(=O)N1CCCCC1CCN.Cl. The summed E-state index contributed by atoms with van der Waals surface area (Å²) < 4.78 is 1.70. The third-order valence-electron chi connectivity index (χ3n) is 3.63. The Kier molecular flexibility index (Phi) is 5.82. The summed E-state index contributed by atoms with van der Waals surface area (Å²) in [6.07, 6.45) is 6.06. The van der Waals surface area contributed by atoms with E-state index >= 15 is 0 Å². The molecule has 1 fully saturated rings. The van der Waals surface area contributed by atoms with Gasteiger partial charge in [-0.2, -0.15) is 5.10 Å². The van der Waals surface area contributed by atoms with Crippen LogP contribution in [0.3, 0.4) is 0 Å². The lowest BCUT2D eigenvalue weighted by molar-refractivity contribution is 0.0604. The maximum Gasteiger partial charge on any atom is 0.257 e. The van der Waals surface area contributed by atoms with Crippen molar-refractivity contribution in [2.24, 2.45) is 12.8 Å². The van der Waals surface area contributed by atoms with E-state index in [1.54, 1.807) is 4.68 Å². The summed E-state index contributed by atoms with van der Waals surface area (Å²) in [6, 6.07) is 0.302. The molecule has 1 saturated heterocycles. The minimum Gasteiger partial charge on any atom is -0.336 e. The van der Waals surface area contributed by atoms with Crippen LogP contribution in [-0.4, -0.2) is 39.7 Å². The zero-order chi connectivity index (χ0) is 13.1. The molecule has 0 aromatic carbocycles. The molecule has 1 aromatic rings. The molecule has 1 amide bonds. The van der Waals surface area contributed by atoms with E-state index < -0.39 is 0 Å². The Morgan fingerprint density at radius 1 is 1.53 bits per heavy atom. The number of piperidine rings is 1. The van der Waals surface area contributed by atoms with Crippen LogP contribution in [0.25, 0.3) is 0 Å². The van der Waals surface area contributed by atoms with Crippen LogP contribution in [0.5, 0.6) is 0 Å². The minimum atomic E-state index is 0. The molecular formula is C13H23ClN4O. The molecule has 1 aromatic heterocycles. The highest BCUT2D eigenvalue weighted by atomic mass is 35.5. The fourth-order valence-corrected chi connectivity index (χ4v) is 2.72. The predicted molar refractivity (Wildman–Crippen MR) is 77.5 cm³/mol. The molecule has 2 rings (SSSR count). The lowest BCUT2D eigenvalue weighted by Gasteiger charge is -2.35. The molecule has 5 nitrogen and oxygen atoms in total. The number of nitrogens with two attached hydrogens (primary N) is 1. The van der Waals surface area contributed by atoms with Gasteiger partial charge in [-0.15, -0.1) is 12.4 Å². The van der Waals surface area contributed by atoms with Crippen LogP contribution in [0.2, 0.25) is 0 Å². The van der Waals surface area contributed by atoms with Crippen LogP contribution in [0, 0.1) is 6.92 Å². The van der Waals surface area contributed by atoms with E-state index in [0.29, 0.717) is 12.6 Å². The molecule has 6 heteroatoms. The zero-order valence-electron chi connectivity index (χ0n) is 11.6. The minimum absolute atomic E-state index is 0. The number of hydrogen-bond acceptors (Lipinski definition) is 3. The molecule has 0 aliphatic carbocycles. The summed E-state index contributed by atoms with van der Waals surface area (Å²) in [7, 11) is 1.84. The summed E-state index contributed by atoms with van der Waals surface area (Å²) in [5.41, 5.74) is 7.17. The van der Waals surface area contributed by atoms with Crippen molar-refractivity contribution < 1.29 is 4.79 Å². The number of halogens is 1. The second kappa shape index (κ2) is 6.91. The van der Waals surface area contributed by atoms with E-state index in [2.05, 4.69) is 5.10 Å². The Morgan fingerprint density at radius 3 is 2.84 bits per heavy atom. The van der Waals surface area contributed by atoms with Crippen molar-refractivity contribution >= 4 is 18.3 Å². The highest BCUT2D eigenvalue weighted by Crippen LogP contribution is 2.22. The lowest BCUT2D eigenvalue weighted by atomic mass is 9.98. The number of aromatic nitrogens is 2. The van der Waals surface area contributed by atoms with Gasteiger partial charge >= 0.3 is 0 Å². The molecule has 1 unspecified atom stereocenters. The largest absolute Gasteiger partial charge is 0.336 e. The molecule has 1 aliphatic heterocycles. The molecule has 2 heterocycles. The van der Waals surface area contributed by atoms with Crippen LogP contribution in [0.1, 0.15) is 41.7 Å². The van der Waals surface area contributed by atoms with Gasteiger partial charge in [-0.3, -0.25) is 9.48 Å². The van der Waals surface area contributed by atoms with Gasteiger partial charge < -0.3 is 10.6 Å². The van der Waals surface area contributed by atoms with Crippen molar-refractivity contribution in [3.05, 3.63) is 17.5 Å². The number of nitrogens with zero attached hydrogens (tertiary/aromatic N) is 3. The second-order valence-electron chi connectivity index (χ2n) is 5.03. The molecule has 19 heavy (non-hydrogen) atoms. The maximum atomic E-state index is 12.6. The highest BCUT2D eigenvalue weighted by molar-refractivity contribution is 5.95. The number of hydrogen-bond donors (Lipinski definition) is 1. The molecule has 2 N–H and O–H groups in total. The Balaban J connectivity index is 0.00000180. The number of carbonyl (C=O) groups is 1. The maximum absolute atomic E-state index is 12.6. The van der Waals surface area contributed by atoms with Gasteiger partial charge in [0.1, 0.15) is 0 Å². The molecule has 108 valence electrons. The van der Waals surface area contributed by atoms with Crippen LogP contribution < -0.4 is 5.73 Å². The second-order valence-corrected chi connectivity index (χ2v) is 5.03. The Labute approximate surface area is 120 Å². The van der Waals surface area contributed by atoms with Crippen molar-refractivity contribution in [3.8, 4) is 0 Å². The molecule has 1 atom stereocenters. The van der Waals surface area contributed by atoms with E-state index in [1.807, 2.05) is 25.1 Å². The summed E-state index contributed by atoms with van der Waals surface area (Å²) in [5, 5.41) is 4.24. The average Bonchev–Trinajstić information content (AvgIpc) is 2.69. The van der Waals surface area contributed by atoms with E-state index in [-0.39, 0.29) is 18.3 Å². The Hall–Kier alpha value is -1.07. The van der Waals surface area contributed by atoms with Gasteiger partial charge in [0, 0.05) is 25.8 Å². The van der Waals surface area contributed by atoms with Gasteiger partial charge in [0.15, 0.2) is 0 Å². The molecular weight excluding hydrogens is 264 g/mol. The number of likely N-dealkylation sites (tertiary alicyclic amines) is 1. The van der Waals surface area contributed by atoms with E-state index in [4.69, 9.17) is 5.73 Å². The number of carbonyl (C=O) groups excluding carboxylic acids is 1. The number of rotatable bonds is 3. The summed E-state index contributed by atoms with van der Waals surface area (Å²) in [6.45, 7) is 3.37. The van der Waals surface area contributed by atoms with Gasteiger partial charge in [0.05, 0.1) is 11.3 Å². The summed E-state index contributed by atoms with van der Waals surface area (Å²) in [4.78, 5) is 14.5. The molecule has 0 bridgehead atoms. The van der Waals surface area contributed by atoms with Crippen molar-refractivity contribution in [1.29, 1.82) is 0 Å². The lowest BCUT2D eigenvalue weighted by Crippen LogP contribution is -2.44. The number of amides is 1. The van der Waals surface area contributed by atoms with Gasteiger partial charge in [-0.25, -0.2) is 0 Å². The standard InChI is InChI=1S/C13H22N4O.ClH/c1-10-12(9-16(2)15-10)13(18)17-8-4-3-5-11(17)6-7-14;/h9,11H,3-8,14H2,1-2H3;1H. The normalized spacial score (nSPS) is 19.1. The van der Waals surface area contributed by atoms with Gasteiger partial charge in [0.2, 0.25) is 0 Å². The van der Waals surface area contributed by atoms with E-state index in [9.17, 15) is 4.79 Å². The van der Waals surface area contributed by atoms with Crippen LogP contribution in [0.4, 0.5) is 0 Å². The van der Waals surface area contributed by atoms with Gasteiger partial charge in [-0.05, 0) is 39.2 Å². The van der Waals surface area contributed by atoms with E-state index in [1.165, 1.54) is 6.42 Å². The van der Waals surface area contributed by atoms with Crippen molar-refractivity contribution in [1.82, 2.24) is 14.7 Å². The third-order valence-corrected chi connectivity index (χ3v) is 3.63. The average molecular weight is 287 g/mol. The van der Waals surface area contributed by atoms with Crippen molar-refractivity contribution in [3.63, 3.8) is 0 Å². The van der Waals surface area contributed by atoms with Crippen LogP contribution >= 0.6 is 12.4 Å². The molecule has 1 aliphatic rings. The van der Waals surface area contributed by atoms with Crippen molar-refractivity contribution in [2.45, 2.75) is 38.6 Å². The topological polar surface area (TPSA) is 64.2 Å². The Bertz CT molecular complexity index is 430. The van der Waals surface area contributed by atoms with Crippen molar-refractivity contribution in [2.75, 3.05) is 13.1 Å². The first-order chi connectivity index (χ1) is 8.63. The Morgan fingerprint density at radius 2 is 2.26 bits per heavy atom. The zero-order valence-corrected chi connectivity index (χ0v) is 12.4. The van der Waals surface area contributed by atoms with Crippen LogP contribution in [-0.2, 0) is 7.05 Å².